The predicted octanol–water partition coefficient (Wildman–Crippen LogP) is -0.169. The Morgan fingerprint density at radius 3 is 2.57 bits per heavy atom. The van der Waals surface area contributed by atoms with E-state index in [9.17, 15) is 0 Å². The van der Waals surface area contributed by atoms with E-state index in [1.54, 1.807) is 0 Å². The third kappa shape index (κ3) is 3.21. The van der Waals surface area contributed by atoms with Crippen molar-refractivity contribution in [1.82, 2.24) is 4.90 Å². The maximum atomic E-state index is 5.65. The number of nitrogens with two attached hydrogens (primary N) is 1. The molecule has 4 nitrogen and oxygen atoms in total. The average Bonchev–Trinajstić information content (AvgIpc) is 2.19. The maximum absolute atomic E-state index is 5.65. The van der Waals surface area contributed by atoms with Crippen LogP contribution in [-0.4, -0.2) is 31.2 Å². The van der Waals surface area contributed by atoms with Gasteiger partial charge in [-0.25, -0.2) is 0 Å². The van der Waals surface area contributed by atoms with Crippen LogP contribution in [0, 0.1) is 0 Å². The molecular weight excluding hydrogens is 202 g/mol. The summed E-state index contributed by atoms with van der Waals surface area (Å²) in [5, 5.41) is 0.319. The van der Waals surface area contributed by atoms with Crippen molar-refractivity contribution in [3.05, 3.63) is 22.6 Å². The third-order valence-corrected chi connectivity index (χ3v) is 2.48. The van der Waals surface area contributed by atoms with Gasteiger partial charge in [-0.15, -0.1) is 0 Å². The molecule has 14 heavy (non-hydrogen) atoms. The van der Waals surface area contributed by atoms with Crippen molar-refractivity contribution in [2.24, 2.45) is 5.73 Å². The Kier molecular flexibility index (Phi) is 4.25. The highest BCUT2D eigenvalue weighted by atomic mass is 35.5. The fraction of sp³-hybridized carbons (Fsp3) is 0.556. The summed E-state index contributed by atoms with van der Waals surface area (Å²) in [6.07, 6.45) is 1.90. The number of rotatable bonds is 2. The first-order valence-electron chi connectivity index (χ1n) is 4.59. The first-order chi connectivity index (χ1) is 6.61. The molecule has 0 amide bonds. The minimum Gasteiger partial charge on any atom is -0.389 e. The Balaban J connectivity index is 2.63. The third-order valence-electron chi connectivity index (χ3n) is 2.18. The maximum Gasteiger partial charge on any atom is 0.199 e. The molecule has 5 N–H and O–H groups in total. The molecule has 1 heterocycles. The summed E-state index contributed by atoms with van der Waals surface area (Å²) in [6.45, 7) is 5.14. The van der Waals surface area contributed by atoms with Crippen LogP contribution in [0.5, 0.6) is 0 Å². The zero-order chi connectivity index (χ0) is 10.6. The van der Waals surface area contributed by atoms with Crippen LogP contribution in [0.1, 0.15) is 6.92 Å². The van der Waals surface area contributed by atoms with Crippen molar-refractivity contribution < 1.29 is 10.5 Å². The Morgan fingerprint density at radius 2 is 2.07 bits per heavy atom. The second-order valence-corrected chi connectivity index (χ2v) is 3.67. The molecular formula is C9H17ClN3O+. The van der Waals surface area contributed by atoms with Crippen LogP contribution < -0.4 is 11.5 Å². The molecule has 5 heteroatoms. The number of allylic oxidation sites excluding steroid dienone is 2. The normalized spacial score (nSPS) is 20.8. The first kappa shape index (κ1) is 11.4. The van der Waals surface area contributed by atoms with Crippen molar-refractivity contribution >= 4 is 11.6 Å². The molecule has 1 saturated heterocycles. The van der Waals surface area contributed by atoms with Gasteiger partial charge < -0.3 is 21.1 Å². The second kappa shape index (κ2) is 5.24. The Labute approximate surface area is 89.1 Å². The molecule has 0 atom stereocenters. The van der Waals surface area contributed by atoms with Gasteiger partial charge in [-0.1, -0.05) is 11.6 Å². The number of quaternary nitrogens is 1. The molecule has 0 aliphatic carbocycles. The largest absolute Gasteiger partial charge is 0.389 e. The minimum atomic E-state index is 0.319. The van der Waals surface area contributed by atoms with E-state index in [-0.39, 0.29) is 0 Å². The van der Waals surface area contributed by atoms with Gasteiger partial charge in [0, 0.05) is 19.2 Å². The van der Waals surface area contributed by atoms with Crippen molar-refractivity contribution in [1.29, 1.82) is 0 Å². The molecule has 0 aromatic carbocycles. The standard InChI is InChI=1S/C9H16ClN3O/c1-7(9(10)12)6-8(11)13-2-4-14-5-3-13/h6H,2-5,11-12H2,1H3/p+1. The second-order valence-electron chi connectivity index (χ2n) is 3.27. The lowest BCUT2D eigenvalue weighted by Crippen LogP contribution is -2.57. The SMILES string of the molecule is CC(C=C([NH3+])N1CCOCC1)=C(N)Cl. The lowest BCUT2D eigenvalue weighted by Gasteiger charge is -2.26. The van der Waals surface area contributed by atoms with E-state index in [0.29, 0.717) is 5.16 Å². The summed E-state index contributed by atoms with van der Waals surface area (Å²) in [5.41, 5.74) is 10.3. The highest BCUT2D eigenvalue weighted by Crippen LogP contribution is 2.08. The summed E-state index contributed by atoms with van der Waals surface area (Å²) in [5.74, 6) is 0.939. The molecule has 1 rings (SSSR count). The molecule has 0 saturated carbocycles. The molecule has 1 aliphatic heterocycles. The lowest BCUT2D eigenvalue weighted by atomic mass is 10.3. The predicted molar refractivity (Wildman–Crippen MR) is 56.1 cm³/mol. The van der Waals surface area contributed by atoms with E-state index in [1.165, 1.54) is 0 Å². The van der Waals surface area contributed by atoms with Gasteiger partial charge in [-0.3, -0.25) is 0 Å². The number of halogens is 1. The monoisotopic (exact) mass is 218 g/mol. The number of nitrogens with zero attached hydrogens (tertiary/aromatic N) is 1. The van der Waals surface area contributed by atoms with E-state index in [0.717, 1.165) is 37.7 Å². The minimum absolute atomic E-state index is 0.319. The summed E-state index contributed by atoms with van der Waals surface area (Å²) >= 11 is 5.65. The Morgan fingerprint density at radius 1 is 1.50 bits per heavy atom. The van der Waals surface area contributed by atoms with Crippen molar-refractivity contribution in [3.63, 3.8) is 0 Å². The van der Waals surface area contributed by atoms with E-state index in [4.69, 9.17) is 22.1 Å². The fourth-order valence-electron chi connectivity index (χ4n) is 1.26. The zero-order valence-electron chi connectivity index (χ0n) is 8.42. The van der Waals surface area contributed by atoms with Gasteiger partial charge in [0.25, 0.3) is 0 Å². The summed E-state index contributed by atoms with van der Waals surface area (Å²) in [7, 11) is 0. The van der Waals surface area contributed by atoms with Gasteiger partial charge in [0.15, 0.2) is 5.82 Å². The lowest BCUT2D eigenvalue weighted by molar-refractivity contribution is -0.335. The van der Waals surface area contributed by atoms with Gasteiger partial charge in [0.2, 0.25) is 0 Å². The van der Waals surface area contributed by atoms with Crippen LogP contribution in [0.2, 0.25) is 0 Å². The van der Waals surface area contributed by atoms with Crippen LogP contribution in [0.15, 0.2) is 22.6 Å². The number of morpholine rings is 1. The molecule has 0 radical (unpaired) electrons. The van der Waals surface area contributed by atoms with Gasteiger partial charge >= 0.3 is 0 Å². The van der Waals surface area contributed by atoms with Crippen molar-refractivity contribution in [2.75, 3.05) is 26.3 Å². The smallest absolute Gasteiger partial charge is 0.199 e. The first-order valence-corrected chi connectivity index (χ1v) is 4.97. The summed E-state index contributed by atoms with van der Waals surface area (Å²) in [6, 6.07) is 0. The highest BCUT2D eigenvalue weighted by molar-refractivity contribution is 6.29. The molecule has 1 fully saturated rings. The molecule has 0 unspecified atom stereocenters. The van der Waals surface area contributed by atoms with E-state index >= 15 is 0 Å². The molecule has 0 spiro atoms. The van der Waals surface area contributed by atoms with Crippen molar-refractivity contribution in [2.45, 2.75) is 6.92 Å². The molecule has 0 bridgehead atoms. The number of hydrogen-bond donors (Lipinski definition) is 2. The number of ether oxygens (including phenoxy) is 1. The molecule has 1 aliphatic rings. The van der Waals surface area contributed by atoms with Gasteiger partial charge in [-0.2, -0.15) is 0 Å². The molecule has 0 aromatic heterocycles. The van der Waals surface area contributed by atoms with Gasteiger partial charge in [-0.05, 0) is 12.5 Å². The van der Waals surface area contributed by atoms with Crippen LogP contribution >= 0.6 is 11.6 Å². The van der Waals surface area contributed by atoms with Gasteiger partial charge in [0.05, 0.1) is 13.2 Å². The van der Waals surface area contributed by atoms with Gasteiger partial charge in [0.1, 0.15) is 5.16 Å². The zero-order valence-corrected chi connectivity index (χ0v) is 9.18. The Hall–Kier alpha value is -0.710. The van der Waals surface area contributed by atoms with Crippen LogP contribution in [0.4, 0.5) is 0 Å². The molecule has 80 valence electrons. The topological polar surface area (TPSA) is 66.1 Å². The van der Waals surface area contributed by atoms with E-state index in [1.807, 2.05) is 13.0 Å². The van der Waals surface area contributed by atoms with Crippen LogP contribution in [0.3, 0.4) is 0 Å². The van der Waals surface area contributed by atoms with Crippen LogP contribution in [-0.2, 0) is 4.74 Å². The average molecular weight is 219 g/mol. The van der Waals surface area contributed by atoms with Crippen molar-refractivity contribution in [3.8, 4) is 0 Å². The summed E-state index contributed by atoms with van der Waals surface area (Å²) < 4.78 is 5.24. The highest BCUT2D eigenvalue weighted by Gasteiger charge is 2.13. The molecule has 0 aromatic rings. The number of hydrogen-bond acceptors (Lipinski definition) is 3. The summed E-state index contributed by atoms with van der Waals surface area (Å²) in [4.78, 5) is 2.16. The Bertz CT molecular complexity index is 253. The van der Waals surface area contributed by atoms with E-state index in [2.05, 4.69) is 10.6 Å². The fourth-order valence-corrected chi connectivity index (χ4v) is 1.32. The van der Waals surface area contributed by atoms with Crippen LogP contribution in [0.25, 0.3) is 0 Å². The quantitative estimate of drug-likeness (QED) is 0.500. The van der Waals surface area contributed by atoms with E-state index < -0.39 is 0 Å².